The van der Waals surface area contributed by atoms with Crippen molar-refractivity contribution in [1.82, 2.24) is 19.4 Å². The molecule has 3 aromatic rings. The van der Waals surface area contributed by atoms with E-state index >= 15 is 0 Å². The van der Waals surface area contributed by atoms with Gasteiger partial charge in [0.25, 0.3) is 5.91 Å². The van der Waals surface area contributed by atoms with Gasteiger partial charge in [0.05, 0.1) is 17.6 Å². The molecule has 162 valence electrons. The minimum atomic E-state index is -0.189. The van der Waals surface area contributed by atoms with Crippen molar-refractivity contribution in [3.05, 3.63) is 58.9 Å². The highest BCUT2D eigenvalue weighted by molar-refractivity contribution is 5.97. The summed E-state index contributed by atoms with van der Waals surface area (Å²) < 4.78 is 1.97. The summed E-state index contributed by atoms with van der Waals surface area (Å²) in [4.78, 5) is 33.7. The van der Waals surface area contributed by atoms with Crippen LogP contribution in [0.5, 0.6) is 0 Å². The summed E-state index contributed by atoms with van der Waals surface area (Å²) in [5.41, 5.74) is 5.38. The molecule has 0 unspecified atom stereocenters. The lowest BCUT2D eigenvalue weighted by molar-refractivity contribution is 0.0793. The van der Waals surface area contributed by atoms with Crippen LogP contribution in [0.2, 0.25) is 0 Å². The molecule has 0 spiro atoms. The Kier molecular flexibility index (Phi) is 5.67. The first kappa shape index (κ1) is 20.9. The Morgan fingerprint density at radius 2 is 1.87 bits per heavy atom. The van der Waals surface area contributed by atoms with Gasteiger partial charge in [-0.1, -0.05) is 12.1 Å². The number of fused-ring (bicyclic) bond motifs is 1. The number of nitrogens with zero attached hydrogens (tertiary/aromatic N) is 4. The van der Waals surface area contributed by atoms with E-state index in [-0.39, 0.29) is 11.9 Å². The predicted octanol–water partition coefficient (Wildman–Crippen LogP) is 4.09. The number of nitrogens with one attached hydrogen (secondary N) is 1. The zero-order valence-corrected chi connectivity index (χ0v) is 18.6. The highest BCUT2D eigenvalue weighted by atomic mass is 16.2. The normalized spacial score (nSPS) is 13.6. The van der Waals surface area contributed by atoms with Gasteiger partial charge in [-0.3, -0.25) is 4.79 Å². The molecule has 3 amide bonds. The molecule has 1 fully saturated rings. The number of aryl methyl sites for hydroxylation is 2. The highest BCUT2D eigenvalue weighted by Gasteiger charge is 2.21. The van der Waals surface area contributed by atoms with Crippen molar-refractivity contribution in [2.75, 3.05) is 25.5 Å². The molecular formula is C24H29N5O2. The molecular weight excluding hydrogens is 390 g/mol. The molecule has 0 radical (unpaired) electrons. The van der Waals surface area contributed by atoms with Crippen LogP contribution in [0.4, 0.5) is 10.5 Å². The third-order valence-corrected chi connectivity index (χ3v) is 6.19. The van der Waals surface area contributed by atoms with Gasteiger partial charge >= 0.3 is 6.03 Å². The Bertz CT molecular complexity index is 1140. The van der Waals surface area contributed by atoms with Gasteiger partial charge in [0.15, 0.2) is 0 Å². The van der Waals surface area contributed by atoms with E-state index in [2.05, 4.69) is 5.32 Å². The minimum absolute atomic E-state index is 0.0663. The van der Waals surface area contributed by atoms with Crippen molar-refractivity contribution in [3.63, 3.8) is 0 Å². The van der Waals surface area contributed by atoms with Crippen LogP contribution >= 0.6 is 0 Å². The van der Waals surface area contributed by atoms with Gasteiger partial charge in [0, 0.05) is 38.4 Å². The molecule has 1 N–H and O–H groups in total. The summed E-state index contributed by atoms with van der Waals surface area (Å²) in [6.45, 7) is 6.03. The monoisotopic (exact) mass is 419 g/mol. The number of anilines is 1. The molecule has 1 aliphatic rings. The molecule has 2 aromatic carbocycles. The molecule has 31 heavy (non-hydrogen) atoms. The van der Waals surface area contributed by atoms with Gasteiger partial charge in [0.1, 0.15) is 5.82 Å². The third-order valence-electron chi connectivity index (χ3n) is 6.19. The maximum absolute atomic E-state index is 12.7. The maximum Gasteiger partial charge on any atom is 0.321 e. The highest BCUT2D eigenvalue weighted by Crippen LogP contribution is 2.21. The van der Waals surface area contributed by atoms with Crippen molar-refractivity contribution >= 4 is 28.7 Å². The van der Waals surface area contributed by atoms with Gasteiger partial charge in [0.2, 0.25) is 0 Å². The van der Waals surface area contributed by atoms with Crippen LogP contribution < -0.4 is 5.32 Å². The molecule has 0 saturated carbocycles. The van der Waals surface area contributed by atoms with E-state index in [9.17, 15) is 9.59 Å². The van der Waals surface area contributed by atoms with Crippen molar-refractivity contribution in [2.45, 2.75) is 33.2 Å². The number of carbonyl (C=O) groups excluding carboxylic acids is 2. The van der Waals surface area contributed by atoms with Crippen LogP contribution in [0, 0.1) is 13.8 Å². The fourth-order valence-corrected chi connectivity index (χ4v) is 4.01. The Labute approximate surface area is 182 Å². The zero-order chi connectivity index (χ0) is 22.1. The second-order valence-electron chi connectivity index (χ2n) is 8.32. The second-order valence-corrected chi connectivity index (χ2v) is 8.32. The van der Waals surface area contributed by atoms with E-state index in [1.165, 1.54) is 0 Å². The SMILES string of the molecule is Cc1cccc(NC(=O)N(C)Cc2nc3cc(C(=O)N4CCCC4)ccc3n2C)c1C. The van der Waals surface area contributed by atoms with Crippen LogP contribution in [-0.4, -0.2) is 51.4 Å². The average Bonchev–Trinajstić information content (AvgIpc) is 3.39. The molecule has 4 rings (SSSR count). The standard InChI is InChI=1S/C24H29N5O2/c1-16-8-7-9-19(17(16)2)26-24(31)27(3)15-22-25-20-14-18(10-11-21(20)28(22)4)23(30)29-12-5-6-13-29/h7-11,14H,5-6,12-13,15H2,1-4H3,(H,26,31). The number of urea groups is 1. The Morgan fingerprint density at radius 1 is 1.13 bits per heavy atom. The second kappa shape index (κ2) is 8.41. The molecule has 1 aliphatic heterocycles. The number of carbonyl (C=O) groups is 2. The minimum Gasteiger partial charge on any atom is -0.339 e. The van der Waals surface area contributed by atoms with Crippen LogP contribution in [-0.2, 0) is 13.6 Å². The number of imidazole rings is 1. The first-order valence-electron chi connectivity index (χ1n) is 10.7. The predicted molar refractivity (Wildman–Crippen MR) is 122 cm³/mol. The average molecular weight is 420 g/mol. The van der Waals surface area contributed by atoms with Gasteiger partial charge < -0.3 is 19.7 Å². The van der Waals surface area contributed by atoms with Crippen molar-refractivity contribution in [1.29, 1.82) is 0 Å². The van der Waals surface area contributed by atoms with Crippen LogP contribution in [0.25, 0.3) is 11.0 Å². The summed E-state index contributed by atoms with van der Waals surface area (Å²) in [6.07, 6.45) is 2.14. The number of hydrogen-bond donors (Lipinski definition) is 1. The fourth-order valence-electron chi connectivity index (χ4n) is 4.01. The fraction of sp³-hybridized carbons (Fsp3) is 0.375. The molecule has 2 heterocycles. The number of rotatable bonds is 4. The summed E-state index contributed by atoms with van der Waals surface area (Å²) in [6, 6.07) is 11.3. The Hall–Kier alpha value is -3.35. The van der Waals surface area contributed by atoms with Crippen LogP contribution in [0.15, 0.2) is 36.4 Å². The molecule has 0 aliphatic carbocycles. The van der Waals surface area contributed by atoms with Gasteiger partial charge in [-0.25, -0.2) is 9.78 Å². The number of hydrogen-bond acceptors (Lipinski definition) is 3. The molecule has 7 heteroatoms. The van der Waals surface area contributed by atoms with E-state index in [0.717, 1.165) is 59.6 Å². The maximum atomic E-state index is 12.7. The van der Waals surface area contributed by atoms with E-state index in [1.807, 2.05) is 66.8 Å². The smallest absolute Gasteiger partial charge is 0.321 e. The summed E-state index contributed by atoms with van der Waals surface area (Å²) >= 11 is 0. The molecule has 1 aromatic heterocycles. The Morgan fingerprint density at radius 3 is 2.61 bits per heavy atom. The lowest BCUT2D eigenvalue weighted by Crippen LogP contribution is -2.32. The zero-order valence-electron chi connectivity index (χ0n) is 18.6. The van der Waals surface area contributed by atoms with E-state index in [1.54, 1.807) is 11.9 Å². The van der Waals surface area contributed by atoms with Crippen molar-refractivity contribution < 1.29 is 9.59 Å². The van der Waals surface area contributed by atoms with E-state index in [0.29, 0.717) is 12.1 Å². The molecule has 7 nitrogen and oxygen atoms in total. The van der Waals surface area contributed by atoms with Crippen LogP contribution in [0.3, 0.4) is 0 Å². The summed E-state index contributed by atoms with van der Waals surface area (Å²) in [5, 5.41) is 2.98. The van der Waals surface area contributed by atoms with E-state index < -0.39 is 0 Å². The lowest BCUT2D eigenvalue weighted by Gasteiger charge is -2.19. The lowest BCUT2D eigenvalue weighted by atomic mass is 10.1. The molecule has 0 atom stereocenters. The number of benzene rings is 2. The first-order valence-corrected chi connectivity index (χ1v) is 10.7. The van der Waals surface area contributed by atoms with Crippen LogP contribution in [0.1, 0.15) is 40.2 Å². The summed E-state index contributed by atoms with van der Waals surface area (Å²) in [7, 11) is 3.69. The topological polar surface area (TPSA) is 70.5 Å². The van der Waals surface area contributed by atoms with Gasteiger partial charge in [-0.2, -0.15) is 0 Å². The largest absolute Gasteiger partial charge is 0.339 e. The molecule has 0 bridgehead atoms. The molecule has 1 saturated heterocycles. The van der Waals surface area contributed by atoms with Gasteiger partial charge in [-0.15, -0.1) is 0 Å². The number of amides is 3. The number of aromatic nitrogens is 2. The number of likely N-dealkylation sites (tertiary alicyclic amines) is 1. The Balaban J connectivity index is 1.51. The quantitative estimate of drug-likeness (QED) is 0.692. The van der Waals surface area contributed by atoms with Crippen molar-refractivity contribution in [3.8, 4) is 0 Å². The first-order chi connectivity index (χ1) is 14.8. The van der Waals surface area contributed by atoms with Crippen molar-refractivity contribution in [2.24, 2.45) is 7.05 Å². The third kappa shape index (κ3) is 4.13. The van der Waals surface area contributed by atoms with Gasteiger partial charge in [-0.05, 0) is 62.1 Å². The summed E-state index contributed by atoms with van der Waals surface area (Å²) in [5.74, 6) is 0.830. The van der Waals surface area contributed by atoms with E-state index in [4.69, 9.17) is 4.98 Å².